The monoisotopic (exact) mass is 464 g/mol. The second kappa shape index (κ2) is 9.29. The molecule has 32 heavy (non-hydrogen) atoms. The van der Waals surface area contributed by atoms with Crippen molar-refractivity contribution in [3.05, 3.63) is 24.0 Å². The summed E-state index contributed by atoms with van der Waals surface area (Å²) >= 11 is 0. The van der Waals surface area contributed by atoms with Crippen molar-refractivity contribution in [2.75, 3.05) is 37.6 Å². The van der Waals surface area contributed by atoms with Gasteiger partial charge in [0, 0.05) is 44.9 Å². The zero-order valence-corrected chi connectivity index (χ0v) is 20.2. The van der Waals surface area contributed by atoms with Gasteiger partial charge in [-0.15, -0.1) is 0 Å². The summed E-state index contributed by atoms with van der Waals surface area (Å²) in [6.07, 6.45) is 3.46. The van der Waals surface area contributed by atoms with Crippen molar-refractivity contribution in [3.8, 4) is 0 Å². The first-order chi connectivity index (χ1) is 15.2. The van der Waals surface area contributed by atoms with Crippen molar-refractivity contribution in [1.82, 2.24) is 13.9 Å². The third kappa shape index (κ3) is 5.11. The fourth-order valence-corrected chi connectivity index (χ4v) is 5.93. The van der Waals surface area contributed by atoms with E-state index in [-0.39, 0.29) is 17.9 Å². The second-order valence-electron chi connectivity index (χ2n) is 10.2. The van der Waals surface area contributed by atoms with Crippen molar-refractivity contribution in [1.29, 1.82) is 0 Å². The topological polar surface area (TPSA) is 96.7 Å². The first-order valence-corrected chi connectivity index (χ1v) is 13.1. The Morgan fingerprint density at radius 3 is 2.44 bits per heavy atom. The Morgan fingerprint density at radius 2 is 1.81 bits per heavy atom. The number of aliphatic hydroxyl groups excluding tert-OH is 1. The highest BCUT2D eigenvalue weighted by Gasteiger charge is 2.29. The number of aliphatic hydroxyl groups is 1. The molecule has 2 fully saturated rings. The van der Waals surface area contributed by atoms with E-state index in [9.17, 15) is 13.5 Å². The van der Waals surface area contributed by atoms with Gasteiger partial charge in [0.15, 0.2) is 0 Å². The number of benzene rings is 1. The van der Waals surface area contributed by atoms with E-state index in [4.69, 9.17) is 9.72 Å². The van der Waals surface area contributed by atoms with Crippen LogP contribution in [0.3, 0.4) is 0 Å². The number of rotatable bonds is 6. The Morgan fingerprint density at radius 1 is 1.12 bits per heavy atom. The van der Waals surface area contributed by atoms with E-state index in [1.807, 2.05) is 18.2 Å². The van der Waals surface area contributed by atoms with Crippen LogP contribution in [0, 0.1) is 11.8 Å². The van der Waals surface area contributed by atoms with Crippen LogP contribution in [0.1, 0.15) is 52.3 Å². The van der Waals surface area contributed by atoms with Crippen molar-refractivity contribution in [2.45, 2.75) is 58.4 Å². The maximum absolute atomic E-state index is 12.9. The molecule has 4 rings (SSSR count). The molecule has 2 aliphatic rings. The lowest BCUT2D eigenvalue weighted by Crippen LogP contribution is -2.42. The summed E-state index contributed by atoms with van der Waals surface area (Å²) in [6, 6.07) is 5.64. The molecule has 0 atom stereocenters. The molecule has 1 aromatic heterocycles. The molecule has 0 radical (unpaired) electrons. The average Bonchev–Trinajstić information content (AvgIpc) is 3.12. The predicted octanol–water partition coefficient (Wildman–Crippen LogP) is 3.12. The van der Waals surface area contributed by atoms with Crippen LogP contribution in [0.25, 0.3) is 11.0 Å². The minimum Gasteiger partial charge on any atom is -0.396 e. The fraction of sp³-hybridized carbons (Fsp3) is 0.696. The molecule has 0 spiro atoms. The number of piperidine rings is 1. The highest BCUT2D eigenvalue weighted by molar-refractivity contribution is 7.90. The van der Waals surface area contributed by atoms with Gasteiger partial charge in [-0.3, -0.25) is 4.72 Å². The van der Waals surface area contributed by atoms with Crippen LogP contribution in [0.2, 0.25) is 0 Å². The number of nitrogens with one attached hydrogen (secondary N) is 1. The number of fused-ring (bicyclic) bond motifs is 1. The van der Waals surface area contributed by atoms with Crippen molar-refractivity contribution < 1.29 is 18.3 Å². The summed E-state index contributed by atoms with van der Waals surface area (Å²) in [6.45, 7) is 9.97. The van der Waals surface area contributed by atoms with Gasteiger partial charge in [-0.1, -0.05) is 20.8 Å². The highest BCUT2D eigenvalue weighted by Crippen LogP contribution is 2.31. The van der Waals surface area contributed by atoms with E-state index in [2.05, 4.69) is 30.1 Å². The second-order valence-corrected chi connectivity index (χ2v) is 11.9. The standard InChI is InChI=1S/C23H36N4O4S/c1-23(2,3)22-24-20-14-19(25-32(29,30)26-10-6-18(16-28)7-11-26)4-5-21(20)27(22)15-17-8-12-31-13-9-17/h4-5,14,17-18,25,28H,6-13,15-16H2,1-3H3. The van der Waals surface area contributed by atoms with E-state index < -0.39 is 10.2 Å². The summed E-state index contributed by atoms with van der Waals surface area (Å²) in [5.74, 6) is 1.76. The maximum Gasteiger partial charge on any atom is 0.301 e. The molecule has 3 heterocycles. The fourth-order valence-electron chi connectivity index (χ4n) is 4.68. The lowest BCUT2D eigenvalue weighted by Gasteiger charge is -2.30. The molecular formula is C23H36N4O4S. The number of aromatic nitrogens is 2. The van der Waals surface area contributed by atoms with Gasteiger partial charge in [-0.25, -0.2) is 4.98 Å². The summed E-state index contributed by atoms with van der Waals surface area (Å²) < 4.78 is 37.8. The smallest absolute Gasteiger partial charge is 0.301 e. The summed E-state index contributed by atoms with van der Waals surface area (Å²) in [7, 11) is -3.64. The molecule has 2 aromatic rings. The first-order valence-electron chi connectivity index (χ1n) is 11.6. The van der Waals surface area contributed by atoms with E-state index in [1.165, 1.54) is 4.31 Å². The van der Waals surface area contributed by atoms with Crippen LogP contribution in [0.15, 0.2) is 18.2 Å². The largest absolute Gasteiger partial charge is 0.396 e. The molecule has 9 heteroatoms. The number of anilines is 1. The van der Waals surface area contributed by atoms with Crippen LogP contribution in [0.5, 0.6) is 0 Å². The van der Waals surface area contributed by atoms with Gasteiger partial charge in [0.25, 0.3) is 0 Å². The first kappa shape index (κ1) is 23.5. The summed E-state index contributed by atoms with van der Waals surface area (Å²) in [4.78, 5) is 4.93. The van der Waals surface area contributed by atoms with Crippen LogP contribution >= 0.6 is 0 Å². The van der Waals surface area contributed by atoms with Gasteiger partial charge in [0.2, 0.25) is 0 Å². The molecule has 8 nitrogen and oxygen atoms in total. The van der Waals surface area contributed by atoms with E-state index in [0.29, 0.717) is 37.5 Å². The number of hydrogen-bond donors (Lipinski definition) is 2. The van der Waals surface area contributed by atoms with Crippen molar-refractivity contribution >= 4 is 26.9 Å². The Bertz CT molecular complexity index is 1030. The van der Waals surface area contributed by atoms with Crippen LogP contribution in [-0.2, 0) is 26.9 Å². The molecule has 2 saturated heterocycles. The molecule has 0 amide bonds. The molecule has 1 aromatic carbocycles. The van der Waals surface area contributed by atoms with Gasteiger partial charge >= 0.3 is 10.2 Å². The van der Waals surface area contributed by atoms with Gasteiger partial charge in [0.1, 0.15) is 5.82 Å². The molecule has 0 bridgehead atoms. The van der Waals surface area contributed by atoms with Crippen molar-refractivity contribution in [3.63, 3.8) is 0 Å². The average molecular weight is 465 g/mol. The van der Waals surface area contributed by atoms with Crippen LogP contribution in [-0.4, -0.2) is 60.3 Å². The lowest BCUT2D eigenvalue weighted by molar-refractivity contribution is 0.0611. The number of nitrogens with zero attached hydrogens (tertiary/aromatic N) is 3. The van der Waals surface area contributed by atoms with Gasteiger partial charge < -0.3 is 14.4 Å². The number of hydrogen-bond acceptors (Lipinski definition) is 5. The molecule has 0 saturated carbocycles. The van der Waals surface area contributed by atoms with Crippen molar-refractivity contribution in [2.24, 2.45) is 11.8 Å². The van der Waals surface area contributed by atoms with E-state index in [1.54, 1.807) is 0 Å². The lowest BCUT2D eigenvalue weighted by atomic mass is 9.94. The molecular weight excluding hydrogens is 428 g/mol. The van der Waals surface area contributed by atoms with Crippen LogP contribution < -0.4 is 4.72 Å². The Hall–Kier alpha value is -1.68. The molecule has 0 unspecified atom stereocenters. The third-order valence-corrected chi connectivity index (χ3v) is 8.16. The Labute approximate surface area is 191 Å². The zero-order valence-electron chi connectivity index (χ0n) is 19.4. The predicted molar refractivity (Wildman–Crippen MR) is 126 cm³/mol. The number of imidazole rings is 1. The summed E-state index contributed by atoms with van der Waals surface area (Å²) in [5, 5.41) is 9.30. The van der Waals surface area contributed by atoms with Gasteiger partial charge in [-0.2, -0.15) is 12.7 Å². The number of ether oxygens (including phenoxy) is 1. The minimum absolute atomic E-state index is 0.116. The molecule has 2 N–H and O–H groups in total. The highest BCUT2D eigenvalue weighted by atomic mass is 32.2. The molecule has 2 aliphatic heterocycles. The quantitative estimate of drug-likeness (QED) is 0.685. The normalized spacial score (nSPS) is 20.1. The third-order valence-electron chi connectivity index (χ3n) is 6.62. The Kier molecular flexibility index (Phi) is 6.81. The Balaban J connectivity index is 1.58. The zero-order chi connectivity index (χ0) is 22.9. The SMILES string of the molecule is CC(C)(C)c1nc2cc(NS(=O)(=O)N3CCC(CO)CC3)ccc2n1CC1CCOCC1. The maximum atomic E-state index is 12.9. The van der Waals surface area contributed by atoms with Gasteiger partial charge in [0.05, 0.1) is 16.7 Å². The van der Waals surface area contributed by atoms with E-state index >= 15 is 0 Å². The molecule has 0 aliphatic carbocycles. The minimum atomic E-state index is -3.64. The molecule has 178 valence electrons. The van der Waals surface area contributed by atoms with E-state index in [0.717, 1.165) is 49.5 Å². The summed E-state index contributed by atoms with van der Waals surface area (Å²) in [5.41, 5.74) is 2.24. The van der Waals surface area contributed by atoms with Gasteiger partial charge in [-0.05, 0) is 55.7 Å². The van der Waals surface area contributed by atoms with Crippen LogP contribution in [0.4, 0.5) is 5.69 Å².